The fraction of sp³-hybridized carbons (Fsp3) is 0.417. The lowest BCUT2D eigenvalue weighted by Gasteiger charge is -2.24. The van der Waals surface area contributed by atoms with Gasteiger partial charge in [-0.25, -0.2) is 9.18 Å². The van der Waals surface area contributed by atoms with Crippen LogP contribution >= 0.6 is 0 Å². The van der Waals surface area contributed by atoms with Crippen molar-refractivity contribution in [3.8, 4) is 11.5 Å². The number of methoxy groups -OCH3 is 1. The predicted octanol–water partition coefficient (Wildman–Crippen LogP) is 1.75. The molecule has 2 aliphatic rings. The first-order chi connectivity index (χ1) is 16.4. The molecule has 9 nitrogen and oxygen atoms in total. The lowest BCUT2D eigenvalue weighted by molar-refractivity contribution is 0.152. The normalized spacial score (nSPS) is 21.1. The fourth-order valence-electron chi connectivity index (χ4n) is 4.79. The van der Waals surface area contributed by atoms with Crippen LogP contribution in [0, 0.1) is 5.92 Å². The number of benzene rings is 2. The van der Waals surface area contributed by atoms with Gasteiger partial charge in [-0.3, -0.25) is 15.1 Å². The fourth-order valence-corrected chi connectivity index (χ4v) is 4.79. The zero-order chi connectivity index (χ0) is 24.0. The first-order valence-corrected chi connectivity index (χ1v) is 11.4. The molecule has 0 unspecified atom stereocenters. The highest BCUT2D eigenvalue weighted by molar-refractivity contribution is 5.91. The zero-order valence-electron chi connectivity index (χ0n) is 18.9. The molecule has 3 atom stereocenters. The molecule has 0 amide bonds. The van der Waals surface area contributed by atoms with E-state index in [1.165, 1.54) is 11.7 Å². The van der Waals surface area contributed by atoms with E-state index in [4.69, 9.17) is 21.1 Å². The van der Waals surface area contributed by atoms with E-state index in [9.17, 15) is 9.59 Å². The Labute approximate surface area is 195 Å². The summed E-state index contributed by atoms with van der Waals surface area (Å²) in [6.45, 7) is 0.544. The summed E-state index contributed by atoms with van der Waals surface area (Å²) in [5.74, 6) is 6.42. The summed E-state index contributed by atoms with van der Waals surface area (Å²) in [6.07, 6.45) is 0.213. The number of nitrogens with zero attached hydrogens (tertiary/aromatic N) is 3. The topological polar surface area (TPSA) is 118 Å². The Bertz CT molecular complexity index is 1320. The van der Waals surface area contributed by atoms with E-state index in [1.807, 2.05) is 35.2 Å². The molecule has 10 heteroatoms. The Morgan fingerprint density at radius 1 is 1.12 bits per heavy atom. The Morgan fingerprint density at radius 2 is 1.85 bits per heavy atom. The average Bonchev–Trinajstić information content (AvgIpc) is 3.60. The largest absolute Gasteiger partial charge is 0.492 e. The molecule has 180 valence electrons. The van der Waals surface area contributed by atoms with Gasteiger partial charge in [-0.15, -0.1) is 0 Å². The number of para-hydroxylation sites is 1. The van der Waals surface area contributed by atoms with Gasteiger partial charge in [0.15, 0.2) is 5.75 Å². The van der Waals surface area contributed by atoms with Crippen LogP contribution in [0.15, 0.2) is 52.1 Å². The molecule has 34 heavy (non-hydrogen) atoms. The van der Waals surface area contributed by atoms with Crippen molar-refractivity contribution in [1.29, 1.82) is 0 Å². The molecule has 3 aromatic rings. The van der Waals surface area contributed by atoms with E-state index in [0.717, 1.165) is 12.8 Å². The molecule has 1 aliphatic carbocycles. The van der Waals surface area contributed by atoms with Gasteiger partial charge < -0.3 is 20.2 Å². The lowest BCUT2D eigenvalue weighted by atomic mass is 10.0. The Kier molecular flexibility index (Phi) is 5.68. The monoisotopic (exact) mass is 469 g/mol. The highest BCUT2D eigenvalue weighted by Gasteiger charge is 2.37. The van der Waals surface area contributed by atoms with E-state index in [-0.39, 0.29) is 18.5 Å². The number of ether oxygens (including phenoxy) is 2. The van der Waals surface area contributed by atoms with Crippen LogP contribution in [0.2, 0.25) is 0 Å². The molecule has 2 aromatic carbocycles. The van der Waals surface area contributed by atoms with Crippen LogP contribution in [0.1, 0.15) is 25.3 Å². The van der Waals surface area contributed by atoms with Crippen LogP contribution in [0.5, 0.6) is 11.5 Å². The first-order valence-electron chi connectivity index (χ1n) is 11.4. The Balaban J connectivity index is 1.45. The maximum absolute atomic E-state index is 15.1. The number of anilines is 1. The maximum atomic E-state index is 15.1. The second-order valence-corrected chi connectivity index (χ2v) is 8.96. The summed E-state index contributed by atoms with van der Waals surface area (Å²) in [7, 11) is 1.48. The number of hydrogen-bond acceptors (Lipinski definition) is 7. The van der Waals surface area contributed by atoms with Crippen molar-refractivity contribution in [2.24, 2.45) is 11.7 Å². The Hall–Kier alpha value is -3.53. The number of hydrogen-bond donors (Lipinski definition) is 2. The molecule has 0 radical (unpaired) electrons. The van der Waals surface area contributed by atoms with E-state index in [2.05, 4.69) is 0 Å². The second kappa shape index (κ2) is 8.68. The van der Waals surface area contributed by atoms with Crippen LogP contribution in [-0.2, 0) is 0 Å². The molecule has 2 fully saturated rings. The smallest absolute Gasteiger partial charge is 0.350 e. The van der Waals surface area contributed by atoms with Gasteiger partial charge >= 0.3 is 5.69 Å². The molecule has 5 rings (SSSR count). The number of fused-ring (bicyclic) bond motifs is 1. The van der Waals surface area contributed by atoms with E-state index < -0.39 is 23.6 Å². The number of alkyl halides is 1. The van der Waals surface area contributed by atoms with Gasteiger partial charge in [0.2, 0.25) is 0 Å². The summed E-state index contributed by atoms with van der Waals surface area (Å²) < 4.78 is 28.7. The Morgan fingerprint density at radius 3 is 2.53 bits per heavy atom. The quantitative estimate of drug-likeness (QED) is 0.400. The van der Waals surface area contributed by atoms with Gasteiger partial charge in [-0.05, 0) is 37.1 Å². The lowest BCUT2D eigenvalue weighted by Crippen LogP contribution is -2.44. The second-order valence-electron chi connectivity index (χ2n) is 8.96. The van der Waals surface area contributed by atoms with Crippen LogP contribution in [0.4, 0.5) is 10.1 Å². The number of nitrogens with two attached hydrogens (primary N) is 2. The summed E-state index contributed by atoms with van der Waals surface area (Å²) >= 11 is 0. The molecular formula is C24H28FN5O4. The van der Waals surface area contributed by atoms with E-state index >= 15 is 4.39 Å². The van der Waals surface area contributed by atoms with Crippen molar-refractivity contribution in [3.63, 3.8) is 0 Å². The minimum atomic E-state index is -1.12. The number of aromatic nitrogens is 2. The predicted molar refractivity (Wildman–Crippen MR) is 128 cm³/mol. The maximum Gasteiger partial charge on any atom is 0.350 e. The molecule has 1 aliphatic heterocycles. The van der Waals surface area contributed by atoms with Gasteiger partial charge in [-0.2, -0.15) is 4.68 Å². The van der Waals surface area contributed by atoms with Crippen molar-refractivity contribution in [3.05, 3.63) is 63.3 Å². The van der Waals surface area contributed by atoms with Gasteiger partial charge in [-0.1, -0.05) is 18.2 Å². The van der Waals surface area contributed by atoms with Crippen molar-refractivity contribution < 1.29 is 13.9 Å². The third-order valence-corrected chi connectivity index (χ3v) is 6.60. The van der Waals surface area contributed by atoms with Crippen LogP contribution in [0.25, 0.3) is 10.9 Å². The van der Waals surface area contributed by atoms with Crippen LogP contribution < -0.4 is 37.2 Å². The molecule has 0 bridgehead atoms. The molecule has 2 heterocycles. The highest BCUT2D eigenvalue weighted by Crippen LogP contribution is 2.42. The van der Waals surface area contributed by atoms with Gasteiger partial charge in [0.05, 0.1) is 18.2 Å². The number of nitrogen functional groups attached to an aromatic ring is 1. The molecule has 4 N–H and O–H groups in total. The average molecular weight is 470 g/mol. The van der Waals surface area contributed by atoms with Crippen molar-refractivity contribution in [1.82, 2.24) is 9.24 Å². The summed E-state index contributed by atoms with van der Waals surface area (Å²) in [5.41, 5.74) is 6.01. The van der Waals surface area contributed by atoms with E-state index in [0.29, 0.717) is 45.7 Å². The van der Waals surface area contributed by atoms with Gasteiger partial charge in [0.25, 0.3) is 5.56 Å². The molecule has 1 saturated heterocycles. The minimum absolute atomic E-state index is 0.0390. The van der Waals surface area contributed by atoms with E-state index in [1.54, 1.807) is 12.1 Å². The van der Waals surface area contributed by atoms with Crippen LogP contribution in [0.3, 0.4) is 0 Å². The van der Waals surface area contributed by atoms with Crippen molar-refractivity contribution >= 4 is 16.6 Å². The third kappa shape index (κ3) is 3.87. The van der Waals surface area contributed by atoms with Crippen LogP contribution in [-0.4, -0.2) is 41.8 Å². The molecule has 1 saturated carbocycles. The minimum Gasteiger partial charge on any atom is -0.492 e. The van der Waals surface area contributed by atoms with Gasteiger partial charge in [0, 0.05) is 31.5 Å². The summed E-state index contributed by atoms with van der Waals surface area (Å²) in [5, 5.41) is 0.292. The zero-order valence-corrected chi connectivity index (χ0v) is 18.9. The molecule has 1 aromatic heterocycles. The van der Waals surface area contributed by atoms with Crippen molar-refractivity contribution in [2.45, 2.75) is 37.7 Å². The molecular weight excluding hydrogens is 441 g/mol. The van der Waals surface area contributed by atoms with Gasteiger partial charge in [0.1, 0.15) is 23.7 Å². The number of rotatable bonds is 7. The number of halogens is 1. The third-order valence-electron chi connectivity index (χ3n) is 6.60. The molecule has 0 spiro atoms. The standard InChI is InChI=1S/C24H28FN5O4/c1-33-22-19(10-9-17-21(22)29(15-7-8-15)24(32)30(27)23(17)31)28-12-14(18(25)13-28)11-20(26)34-16-5-3-2-4-6-16/h2-6,9-10,14-15,18,20H,7-8,11-13,26-27H2,1H3/t14-,18-,20+/m1/s1. The summed E-state index contributed by atoms with van der Waals surface area (Å²) in [4.78, 5) is 27.4. The first kappa shape index (κ1) is 22.3. The summed E-state index contributed by atoms with van der Waals surface area (Å²) in [6, 6.07) is 12.5. The highest BCUT2D eigenvalue weighted by atomic mass is 19.1. The SMILES string of the molecule is COc1c(N2C[C@@H](C[C@@H](N)Oc3ccccc3)[C@H](F)C2)ccc2c(=O)n(N)c(=O)n(C3CC3)c12. The van der Waals surface area contributed by atoms with Crippen molar-refractivity contribution in [2.75, 3.05) is 30.9 Å².